The summed E-state index contributed by atoms with van der Waals surface area (Å²) in [7, 11) is 0. The van der Waals surface area contributed by atoms with Crippen LogP contribution in [0, 0.1) is 11.8 Å². The molecular formula is C21H31N5O. The molecule has 0 aromatic carbocycles. The molecule has 3 heterocycles. The Labute approximate surface area is 161 Å². The first-order chi connectivity index (χ1) is 13.1. The van der Waals surface area contributed by atoms with E-state index in [1.165, 1.54) is 25.7 Å². The molecule has 27 heavy (non-hydrogen) atoms. The van der Waals surface area contributed by atoms with E-state index in [4.69, 9.17) is 0 Å². The fourth-order valence-corrected chi connectivity index (χ4v) is 4.59. The lowest BCUT2D eigenvalue weighted by Gasteiger charge is -2.18. The zero-order chi connectivity index (χ0) is 18.8. The monoisotopic (exact) mass is 369 g/mol. The van der Waals surface area contributed by atoms with Gasteiger partial charge in [-0.15, -0.1) is 0 Å². The first-order valence-electron chi connectivity index (χ1n) is 10.4. The molecule has 2 aromatic heterocycles. The van der Waals surface area contributed by atoms with Crippen molar-refractivity contribution in [2.75, 3.05) is 26.2 Å². The SMILES string of the molecule is CC(C)CN1CCC(CNC(=O)c2cnc3c(c2)ncn3C2CCCC2)C1. The van der Waals surface area contributed by atoms with Crippen LogP contribution in [0.2, 0.25) is 0 Å². The zero-order valence-corrected chi connectivity index (χ0v) is 16.5. The largest absolute Gasteiger partial charge is 0.352 e. The molecule has 4 rings (SSSR count). The molecule has 1 aliphatic heterocycles. The van der Waals surface area contributed by atoms with Crippen LogP contribution in [-0.4, -0.2) is 51.5 Å². The molecule has 1 saturated heterocycles. The number of imidazole rings is 1. The van der Waals surface area contributed by atoms with Crippen LogP contribution in [0.3, 0.4) is 0 Å². The van der Waals surface area contributed by atoms with Gasteiger partial charge in [0.25, 0.3) is 5.91 Å². The minimum atomic E-state index is -0.0397. The van der Waals surface area contributed by atoms with Gasteiger partial charge in [-0.25, -0.2) is 9.97 Å². The van der Waals surface area contributed by atoms with Crippen LogP contribution < -0.4 is 5.32 Å². The lowest BCUT2D eigenvalue weighted by molar-refractivity contribution is 0.0947. The summed E-state index contributed by atoms with van der Waals surface area (Å²) in [5.41, 5.74) is 2.33. The van der Waals surface area contributed by atoms with Gasteiger partial charge in [0.05, 0.1) is 11.9 Å². The van der Waals surface area contributed by atoms with Gasteiger partial charge in [-0.1, -0.05) is 26.7 Å². The van der Waals surface area contributed by atoms with Crippen molar-refractivity contribution in [3.63, 3.8) is 0 Å². The van der Waals surface area contributed by atoms with Crippen molar-refractivity contribution in [2.45, 2.75) is 52.0 Å². The molecule has 146 valence electrons. The van der Waals surface area contributed by atoms with E-state index in [0.717, 1.165) is 43.8 Å². The van der Waals surface area contributed by atoms with E-state index in [0.29, 0.717) is 23.4 Å². The number of nitrogens with one attached hydrogen (secondary N) is 1. The highest BCUT2D eigenvalue weighted by Crippen LogP contribution is 2.31. The lowest BCUT2D eigenvalue weighted by atomic mass is 10.1. The van der Waals surface area contributed by atoms with E-state index in [2.05, 4.69) is 38.6 Å². The van der Waals surface area contributed by atoms with Crippen LogP contribution >= 0.6 is 0 Å². The highest BCUT2D eigenvalue weighted by Gasteiger charge is 2.24. The Hall–Kier alpha value is -1.95. The third kappa shape index (κ3) is 4.15. The topological polar surface area (TPSA) is 63.1 Å². The lowest BCUT2D eigenvalue weighted by Crippen LogP contribution is -2.32. The third-order valence-electron chi connectivity index (χ3n) is 5.94. The molecule has 2 fully saturated rings. The van der Waals surface area contributed by atoms with Crippen LogP contribution in [0.4, 0.5) is 0 Å². The van der Waals surface area contributed by atoms with Gasteiger partial charge in [0.15, 0.2) is 5.65 Å². The summed E-state index contributed by atoms with van der Waals surface area (Å²) in [5.74, 6) is 1.20. The Morgan fingerprint density at radius 3 is 2.85 bits per heavy atom. The van der Waals surface area contributed by atoms with E-state index >= 15 is 0 Å². The van der Waals surface area contributed by atoms with E-state index in [1.807, 2.05) is 12.4 Å². The number of hydrogen-bond acceptors (Lipinski definition) is 4. The molecule has 0 radical (unpaired) electrons. The summed E-state index contributed by atoms with van der Waals surface area (Å²) in [5, 5.41) is 3.10. The maximum absolute atomic E-state index is 12.6. The standard InChI is InChI=1S/C21H31N5O/c1-15(2)12-25-8-7-16(13-25)10-23-21(27)17-9-19-20(22-11-17)26(14-24-19)18-5-3-4-6-18/h9,11,14-16,18H,3-8,10,12-13H2,1-2H3,(H,23,27). The number of nitrogens with zero attached hydrogens (tertiary/aromatic N) is 4. The highest BCUT2D eigenvalue weighted by atomic mass is 16.1. The quantitative estimate of drug-likeness (QED) is 0.849. The molecule has 0 bridgehead atoms. The second-order valence-corrected chi connectivity index (χ2v) is 8.67. The number of rotatable bonds is 6. The van der Waals surface area contributed by atoms with Crippen molar-refractivity contribution in [3.05, 3.63) is 24.2 Å². The molecule has 1 unspecified atom stereocenters. The van der Waals surface area contributed by atoms with Crippen LogP contribution in [0.15, 0.2) is 18.6 Å². The third-order valence-corrected chi connectivity index (χ3v) is 5.94. The van der Waals surface area contributed by atoms with Crippen molar-refractivity contribution in [1.29, 1.82) is 0 Å². The van der Waals surface area contributed by atoms with E-state index in [9.17, 15) is 4.79 Å². The first kappa shape index (κ1) is 18.4. The second kappa shape index (κ2) is 7.97. The summed E-state index contributed by atoms with van der Waals surface area (Å²) in [6.45, 7) is 8.63. The minimum Gasteiger partial charge on any atom is -0.352 e. The number of likely N-dealkylation sites (tertiary alicyclic amines) is 1. The number of hydrogen-bond donors (Lipinski definition) is 1. The number of amides is 1. The molecular weight excluding hydrogens is 338 g/mol. The minimum absolute atomic E-state index is 0.0397. The molecule has 1 amide bonds. The average Bonchev–Trinajstić information content (AvgIpc) is 3.38. The van der Waals surface area contributed by atoms with E-state index < -0.39 is 0 Å². The zero-order valence-electron chi connectivity index (χ0n) is 16.5. The summed E-state index contributed by atoms with van der Waals surface area (Å²) >= 11 is 0. The van der Waals surface area contributed by atoms with Crippen molar-refractivity contribution < 1.29 is 4.79 Å². The van der Waals surface area contributed by atoms with Crippen LogP contribution in [0.25, 0.3) is 11.2 Å². The Morgan fingerprint density at radius 2 is 2.07 bits per heavy atom. The smallest absolute Gasteiger partial charge is 0.252 e. The van der Waals surface area contributed by atoms with Crippen LogP contribution in [0.1, 0.15) is 62.4 Å². The number of carbonyl (C=O) groups is 1. The summed E-state index contributed by atoms with van der Waals surface area (Å²) in [4.78, 5) is 24.1. The average molecular weight is 370 g/mol. The molecule has 6 nitrogen and oxygen atoms in total. The van der Waals surface area contributed by atoms with E-state index in [1.54, 1.807) is 6.20 Å². The number of pyridine rings is 1. The van der Waals surface area contributed by atoms with Gasteiger partial charge in [0, 0.05) is 31.9 Å². The Balaban J connectivity index is 1.36. The van der Waals surface area contributed by atoms with Gasteiger partial charge in [0.2, 0.25) is 0 Å². The molecule has 2 aliphatic rings. The molecule has 1 atom stereocenters. The predicted octanol–water partition coefficient (Wildman–Crippen LogP) is 3.25. The summed E-state index contributed by atoms with van der Waals surface area (Å²) in [6, 6.07) is 2.39. The molecule has 6 heteroatoms. The van der Waals surface area contributed by atoms with Gasteiger partial charge in [-0.05, 0) is 43.7 Å². The molecule has 0 spiro atoms. The summed E-state index contributed by atoms with van der Waals surface area (Å²) < 4.78 is 2.19. The van der Waals surface area contributed by atoms with Crippen molar-refractivity contribution in [2.24, 2.45) is 11.8 Å². The van der Waals surface area contributed by atoms with Crippen LogP contribution in [0.5, 0.6) is 0 Å². The predicted molar refractivity (Wildman–Crippen MR) is 107 cm³/mol. The van der Waals surface area contributed by atoms with Gasteiger partial charge < -0.3 is 14.8 Å². The van der Waals surface area contributed by atoms with Crippen LogP contribution in [-0.2, 0) is 0 Å². The Kier molecular flexibility index (Phi) is 5.43. The van der Waals surface area contributed by atoms with Crippen molar-refractivity contribution >= 4 is 17.1 Å². The van der Waals surface area contributed by atoms with Gasteiger partial charge >= 0.3 is 0 Å². The van der Waals surface area contributed by atoms with Crippen molar-refractivity contribution in [3.8, 4) is 0 Å². The summed E-state index contributed by atoms with van der Waals surface area (Å²) in [6.07, 6.45) is 9.70. The normalized spacial score (nSPS) is 21.5. The Morgan fingerprint density at radius 1 is 1.26 bits per heavy atom. The van der Waals surface area contributed by atoms with Gasteiger partial charge in [-0.2, -0.15) is 0 Å². The first-order valence-corrected chi connectivity index (χ1v) is 10.4. The maximum Gasteiger partial charge on any atom is 0.252 e. The fourth-order valence-electron chi connectivity index (χ4n) is 4.59. The number of aromatic nitrogens is 3. The van der Waals surface area contributed by atoms with Crippen molar-refractivity contribution in [1.82, 2.24) is 24.8 Å². The second-order valence-electron chi connectivity index (χ2n) is 8.67. The van der Waals surface area contributed by atoms with E-state index in [-0.39, 0.29) is 5.91 Å². The number of carbonyl (C=O) groups excluding carboxylic acids is 1. The highest BCUT2D eigenvalue weighted by molar-refractivity contribution is 5.96. The molecule has 1 aliphatic carbocycles. The molecule has 2 aromatic rings. The fraction of sp³-hybridized carbons (Fsp3) is 0.667. The molecule has 1 saturated carbocycles. The Bertz CT molecular complexity index is 793. The molecule has 1 N–H and O–H groups in total. The van der Waals surface area contributed by atoms with Gasteiger partial charge in [0.1, 0.15) is 5.52 Å². The number of fused-ring (bicyclic) bond motifs is 1. The van der Waals surface area contributed by atoms with Gasteiger partial charge in [-0.3, -0.25) is 4.79 Å². The maximum atomic E-state index is 12.6.